The quantitative estimate of drug-likeness (QED) is 0.461. The second-order valence-corrected chi connectivity index (χ2v) is 9.35. The number of fused-ring (bicyclic) bond motifs is 1. The minimum atomic E-state index is 0.138. The van der Waals surface area contributed by atoms with Gasteiger partial charge in [0.15, 0.2) is 0 Å². The highest BCUT2D eigenvalue weighted by atomic mass is 16.5. The fourth-order valence-electron chi connectivity index (χ4n) is 6.07. The molecule has 0 amide bonds. The second kappa shape index (κ2) is 10.2. The van der Waals surface area contributed by atoms with Crippen LogP contribution in [0.3, 0.4) is 0 Å². The van der Waals surface area contributed by atoms with Crippen molar-refractivity contribution in [3.63, 3.8) is 0 Å². The highest BCUT2D eigenvalue weighted by Crippen LogP contribution is 2.41. The van der Waals surface area contributed by atoms with Crippen LogP contribution in [0.5, 0.6) is 0 Å². The normalized spacial score (nSPS) is 17.2. The van der Waals surface area contributed by atoms with Gasteiger partial charge in [-0.1, -0.05) is 38.1 Å². The van der Waals surface area contributed by atoms with Crippen LogP contribution in [-0.4, -0.2) is 34.4 Å². The number of benzene rings is 2. The molecule has 0 spiro atoms. The van der Waals surface area contributed by atoms with Crippen LogP contribution in [0.4, 0.5) is 0 Å². The number of aromatic nitrogens is 2. The zero-order valence-corrected chi connectivity index (χ0v) is 21.2. The van der Waals surface area contributed by atoms with Gasteiger partial charge in [0.25, 0.3) is 0 Å². The van der Waals surface area contributed by atoms with E-state index in [1.807, 2.05) is 6.20 Å². The molecule has 2 atom stereocenters. The first-order valence-corrected chi connectivity index (χ1v) is 12.5. The lowest BCUT2D eigenvalue weighted by atomic mass is 9.80. The Hall–Kier alpha value is -2.43. The number of hydrogen-bond acceptors (Lipinski definition) is 3. The predicted molar refractivity (Wildman–Crippen MR) is 136 cm³/mol. The highest BCUT2D eigenvalue weighted by molar-refractivity contribution is 5.54. The Kier molecular flexibility index (Phi) is 7.35. The van der Waals surface area contributed by atoms with E-state index in [4.69, 9.17) is 4.74 Å². The zero-order chi connectivity index (χ0) is 23.5. The third-order valence-corrected chi connectivity index (χ3v) is 7.68. The van der Waals surface area contributed by atoms with Gasteiger partial charge in [-0.2, -0.15) is 5.10 Å². The number of nitrogens with zero attached hydrogens (tertiary/aromatic N) is 2. The summed E-state index contributed by atoms with van der Waals surface area (Å²) in [6.07, 6.45) is 7.22. The predicted octanol–water partition coefficient (Wildman–Crippen LogP) is 6.01. The second-order valence-electron chi connectivity index (χ2n) is 9.35. The van der Waals surface area contributed by atoms with Gasteiger partial charge in [0.1, 0.15) is 0 Å². The molecule has 4 rings (SSSR count). The molecule has 1 aromatic heterocycles. The monoisotopic (exact) mass is 445 g/mol. The first kappa shape index (κ1) is 23.7. The molecule has 1 aliphatic rings. The van der Waals surface area contributed by atoms with Gasteiger partial charge in [0.2, 0.25) is 0 Å². The average molecular weight is 446 g/mol. The average Bonchev–Trinajstić information content (AvgIpc) is 3.35. The van der Waals surface area contributed by atoms with Crippen molar-refractivity contribution < 1.29 is 4.74 Å². The summed E-state index contributed by atoms with van der Waals surface area (Å²) in [5.74, 6) is 0. The minimum absolute atomic E-state index is 0.138. The van der Waals surface area contributed by atoms with Crippen molar-refractivity contribution >= 4 is 0 Å². The van der Waals surface area contributed by atoms with E-state index in [0.29, 0.717) is 6.04 Å². The van der Waals surface area contributed by atoms with Crippen LogP contribution in [0.2, 0.25) is 0 Å². The largest absolute Gasteiger partial charge is 0.380 e. The molecule has 4 heteroatoms. The van der Waals surface area contributed by atoms with Crippen LogP contribution >= 0.6 is 0 Å². The van der Waals surface area contributed by atoms with Gasteiger partial charge in [-0.25, -0.2) is 0 Å². The van der Waals surface area contributed by atoms with Gasteiger partial charge in [-0.3, -0.25) is 10.00 Å². The van der Waals surface area contributed by atoms with Crippen molar-refractivity contribution in [2.75, 3.05) is 13.2 Å². The first-order valence-electron chi connectivity index (χ1n) is 12.5. The molecular weight excluding hydrogens is 406 g/mol. The topological polar surface area (TPSA) is 41.1 Å². The van der Waals surface area contributed by atoms with Gasteiger partial charge in [0, 0.05) is 31.0 Å². The minimum Gasteiger partial charge on any atom is -0.380 e. The van der Waals surface area contributed by atoms with E-state index in [9.17, 15) is 0 Å². The Bertz CT molecular complexity index is 1060. The van der Waals surface area contributed by atoms with Crippen molar-refractivity contribution in [3.05, 3.63) is 86.7 Å². The smallest absolute Gasteiger partial charge is 0.0644 e. The molecule has 176 valence electrons. The fourth-order valence-corrected chi connectivity index (χ4v) is 6.07. The Labute approximate surface area is 199 Å². The van der Waals surface area contributed by atoms with E-state index >= 15 is 0 Å². The van der Waals surface area contributed by atoms with Crippen LogP contribution in [0.1, 0.15) is 76.9 Å². The molecule has 0 saturated heterocycles. The number of aromatic amines is 1. The maximum atomic E-state index is 6.03. The zero-order valence-electron chi connectivity index (χ0n) is 21.2. The van der Waals surface area contributed by atoms with E-state index < -0.39 is 0 Å². The van der Waals surface area contributed by atoms with Gasteiger partial charge < -0.3 is 4.74 Å². The molecule has 0 bridgehead atoms. The number of nitrogens with one attached hydrogen (secondary N) is 1. The molecule has 2 heterocycles. The lowest BCUT2D eigenvalue weighted by molar-refractivity contribution is 0.0390. The standard InChI is InChI=1S/C29H39N3O/c1-7-26-19(4)27(8-2)21(6)28(20(26)5)29(24-15-30-31-16-24)32-17-23-13-11-10-12-22(23)14-25(32)18-33-9-3/h10-13,15-16,25,29H,7-9,14,17-18H2,1-6H3,(H,30,31). The summed E-state index contributed by atoms with van der Waals surface area (Å²) in [6.45, 7) is 16.0. The Balaban J connectivity index is 1.92. The molecule has 1 N–H and O–H groups in total. The lowest BCUT2D eigenvalue weighted by Gasteiger charge is -2.43. The number of H-pyrrole nitrogens is 1. The van der Waals surface area contributed by atoms with Gasteiger partial charge in [-0.05, 0) is 91.5 Å². The summed E-state index contributed by atoms with van der Waals surface area (Å²) < 4.78 is 6.03. The van der Waals surface area contributed by atoms with Crippen LogP contribution in [0, 0.1) is 20.8 Å². The van der Waals surface area contributed by atoms with Crippen LogP contribution in [-0.2, 0) is 30.5 Å². The summed E-state index contributed by atoms with van der Waals surface area (Å²) in [4.78, 5) is 2.67. The fraction of sp³-hybridized carbons (Fsp3) is 0.483. The molecule has 0 fully saturated rings. The number of rotatable bonds is 8. The molecule has 1 aliphatic heterocycles. The molecule has 3 aromatic rings. The van der Waals surface area contributed by atoms with Gasteiger partial charge >= 0.3 is 0 Å². The molecule has 0 radical (unpaired) electrons. The van der Waals surface area contributed by atoms with Gasteiger partial charge in [-0.15, -0.1) is 0 Å². The summed E-state index contributed by atoms with van der Waals surface area (Å²) in [5.41, 5.74) is 12.9. The van der Waals surface area contributed by atoms with E-state index in [1.54, 1.807) is 0 Å². The summed E-state index contributed by atoms with van der Waals surface area (Å²) in [5, 5.41) is 7.47. The summed E-state index contributed by atoms with van der Waals surface area (Å²) >= 11 is 0. The van der Waals surface area contributed by atoms with E-state index in [-0.39, 0.29) is 6.04 Å². The van der Waals surface area contributed by atoms with E-state index in [2.05, 4.69) is 87.1 Å². The van der Waals surface area contributed by atoms with Crippen LogP contribution in [0.15, 0.2) is 36.7 Å². The van der Waals surface area contributed by atoms with Crippen molar-refractivity contribution in [3.8, 4) is 0 Å². The molecule has 0 aliphatic carbocycles. The molecule has 4 nitrogen and oxygen atoms in total. The van der Waals surface area contributed by atoms with Crippen molar-refractivity contribution in [2.24, 2.45) is 0 Å². The third-order valence-electron chi connectivity index (χ3n) is 7.68. The lowest BCUT2D eigenvalue weighted by Crippen LogP contribution is -2.46. The van der Waals surface area contributed by atoms with Crippen LogP contribution in [0.25, 0.3) is 0 Å². The summed E-state index contributed by atoms with van der Waals surface area (Å²) in [6, 6.07) is 9.35. The summed E-state index contributed by atoms with van der Waals surface area (Å²) in [7, 11) is 0. The molecular formula is C29H39N3O. The molecule has 2 aromatic carbocycles. The number of ether oxygens (including phenoxy) is 1. The third kappa shape index (κ3) is 4.39. The maximum absolute atomic E-state index is 6.03. The van der Waals surface area contributed by atoms with Crippen LogP contribution < -0.4 is 0 Å². The van der Waals surface area contributed by atoms with Crippen molar-refractivity contribution in [1.82, 2.24) is 15.1 Å². The van der Waals surface area contributed by atoms with Crippen molar-refractivity contribution in [2.45, 2.75) is 79.4 Å². The Morgan fingerprint density at radius 2 is 1.67 bits per heavy atom. The Morgan fingerprint density at radius 3 is 2.24 bits per heavy atom. The van der Waals surface area contributed by atoms with Crippen molar-refractivity contribution in [1.29, 1.82) is 0 Å². The molecule has 2 unspecified atom stereocenters. The molecule has 33 heavy (non-hydrogen) atoms. The van der Waals surface area contributed by atoms with E-state index in [1.165, 1.54) is 50.1 Å². The molecule has 0 saturated carbocycles. The van der Waals surface area contributed by atoms with Gasteiger partial charge in [0.05, 0.1) is 18.8 Å². The number of hydrogen-bond donors (Lipinski definition) is 1. The first-order chi connectivity index (χ1) is 16.0. The Morgan fingerprint density at radius 1 is 1.00 bits per heavy atom. The SMILES string of the molecule is CCOCC1Cc2ccccc2CN1C(c1cn[nH]c1)c1c(C)c(CC)c(C)c(CC)c1C. The van der Waals surface area contributed by atoms with E-state index in [0.717, 1.165) is 39.0 Å². The highest BCUT2D eigenvalue weighted by Gasteiger charge is 2.36. The maximum Gasteiger partial charge on any atom is 0.0644 e.